The number of fused-ring (bicyclic) bond motifs is 1. The molecule has 0 aliphatic carbocycles. The lowest BCUT2D eigenvalue weighted by molar-refractivity contribution is 0.0806. The molecule has 1 aliphatic heterocycles. The van der Waals surface area contributed by atoms with Crippen LogP contribution in [0.1, 0.15) is 35.7 Å². The highest BCUT2D eigenvalue weighted by Crippen LogP contribution is 2.27. The smallest absolute Gasteiger partial charge is 0.261 e. The van der Waals surface area contributed by atoms with E-state index in [0.29, 0.717) is 11.3 Å². The van der Waals surface area contributed by atoms with Gasteiger partial charge in [0.1, 0.15) is 12.0 Å². The SMILES string of the molecule is CC1=COc2ccc(C)cc2C(=O)N1CCCCBr. The number of hydrogen-bond donors (Lipinski definition) is 0. The number of amides is 1. The van der Waals surface area contributed by atoms with Crippen LogP contribution in [0.4, 0.5) is 0 Å². The van der Waals surface area contributed by atoms with Crippen molar-refractivity contribution in [2.45, 2.75) is 26.7 Å². The number of carbonyl (C=O) groups is 1. The Hall–Kier alpha value is -1.29. The maximum atomic E-state index is 12.6. The zero-order valence-corrected chi connectivity index (χ0v) is 12.9. The second-order valence-corrected chi connectivity index (χ2v) is 5.52. The van der Waals surface area contributed by atoms with E-state index >= 15 is 0 Å². The zero-order valence-electron chi connectivity index (χ0n) is 11.3. The molecular weight excluding hydrogens is 306 g/mol. The minimum absolute atomic E-state index is 0.0273. The summed E-state index contributed by atoms with van der Waals surface area (Å²) < 4.78 is 5.59. The molecule has 19 heavy (non-hydrogen) atoms. The minimum Gasteiger partial charge on any atom is -0.462 e. The van der Waals surface area contributed by atoms with Crippen molar-refractivity contribution in [3.63, 3.8) is 0 Å². The van der Waals surface area contributed by atoms with E-state index in [1.165, 1.54) is 0 Å². The van der Waals surface area contributed by atoms with Crippen molar-refractivity contribution in [3.05, 3.63) is 41.3 Å². The molecule has 1 aliphatic rings. The summed E-state index contributed by atoms with van der Waals surface area (Å²) in [6.07, 6.45) is 3.69. The van der Waals surface area contributed by atoms with Crippen LogP contribution in [0.25, 0.3) is 0 Å². The monoisotopic (exact) mass is 323 g/mol. The van der Waals surface area contributed by atoms with E-state index in [1.807, 2.05) is 32.0 Å². The van der Waals surface area contributed by atoms with E-state index in [-0.39, 0.29) is 5.91 Å². The minimum atomic E-state index is 0.0273. The van der Waals surface area contributed by atoms with Gasteiger partial charge < -0.3 is 9.64 Å². The van der Waals surface area contributed by atoms with Crippen LogP contribution in [0.5, 0.6) is 5.75 Å². The van der Waals surface area contributed by atoms with E-state index in [1.54, 1.807) is 11.2 Å². The van der Waals surface area contributed by atoms with Crippen LogP contribution in [0.2, 0.25) is 0 Å². The molecule has 0 atom stereocenters. The molecule has 0 radical (unpaired) electrons. The van der Waals surface area contributed by atoms with Crippen LogP contribution in [-0.2, 0) is 0 Å². The molecule has 4 heteroatoms. The largest absolute Gasteiger partial charge is 0.462 e. The molecule has 102 valence electrons. The first-order chi connectivity index (χ1) is 9.13. The van der Waals surface area contributed by atoms with Crippen molar-refractivity contribution in [3.8, 4) is 5.75 Å². The zero-order chi connectivity index (χ0) is 13.8. The summed E-state index contributed by atoms with van der Waals surface area (Å²) in [7, 11) is 0. The predicted molar refractivity (Wildman–Crippen MR) is 79.6 cm³/mol. The van der Waals surface area contributed by atoms with Crippen LogP contribution in [0, 0.1) is 6.92 Å². The highest BCUT2D eigenvalue weighted by molar-refractivity contribution is 9.09. The number of alkyl halides is 1. The Morgan fingerprint density at radius 2 is 2.05 bits per heavy atom. The van der Waals surface area contributed by atoms with E-state index < -0.39 is 0 Å². The van der Waals surface area contributed by atoms with Gasteiger partial charge in [0.2, 0.25) is 0 Å². The molecular formula is C15H18BrNO2. The standard InChI is InChI=1S/C15H18BrNO2/c1-11-5-6-14-13(9-11)15(18)17(8-4-3-7-16)12(2)10-19-14/h5-6,9-10H,3-4,7-8H2,1-2H3. The fourth-order valence-electron chi connectivity index (χ4n) is 2.07. The van der Waals surface area contributed by atoms with Crippen LogP contribution in [0.15, 0.2) is 30.2 Å². The molecule has 0 N–H and O–H groups in total. The summed E-state index contributed by atoms with van der Waals surface area (Å²) in [6, 6.07) is 5.70. The molecule has 0 fully saturated rings. The van der Waals surface area contributed by atoms with Crippen LogP contribution < -0.4 is 4.74 Å². The molecule has 0 unspecified atom stereocenters. The second-order valence-electron chi connectivity index (χ2n) is 4.73. The second kappa shape index (κ2) is 6.24. The number of rotatable bonds is 4. The number of hydrogen-bond acceptors (Lipinski definition) is 2. The van der Waals surface area contributed by atoms with Crippen molar-refractivity contribution in [2.75, 3.05) is 11.9 Å². The van der Waals surface area contributed by atoms with Crippen molar-refractivity contribution < 1.29 is 9.53 Å². The summed E-state index contributed by atoms with van der Waals surface area (Å²) in [4.78, 5) is 14.4. The molecule has 2 rings (SSSR count). The maximum Gasteiger partial charge on any atom is 0.261 e. The number of aryl methyl sites for hydroxylation is 1. The molecule has 0 bridgehead atoms. The van der Waals surface area contributed by atoms with Gasteiger partial charge >= 0.3 is 0 Å². The summed E-state index contributed by atoms with van der Waals surface area (Å²) >= 11 is 3.41. The maximum absolute atomic E-state index is 12.6. The van der Waals surface area contributed by atoms with Gasteiger partial charge in [0.15, 0.2) is 0 Å². The number of halogens is 1. The molecule has 0 aromatic heterocycles. The molecule has 0 spiro atoms. The molecule has 0 saturated carbocycles. The third-order valence-corrected chi connectivity index (χ3v) is 3.72. The number of unbranched alkanes of at least 4 members (excludes halogenated alkanes) is 1. The van der Waals surface area contributed by atoms with E-state index in [4.69, 9.17) is 4.74 Å². The summed E-state index contributed by atoms with van der Waals surface area (Å²) in [6.45, 7) is 4.61. The average Bonchev–Trinajstić information content (AvgIpc) is 2.51. The molecule has 3 nitrogen and oxygen atoms in total. The van der Waals surface area contributed by atoms with Gasteiger partial charge in [-0.05, 0) is 38.8 Å². The average molecular weight is 324 g/mol. The third kappa shape index (κ3) is 3.18. The quantitative estimate of drug-likeness (QED) is 0.622. The highest BCUT2D eigenvalue weighted by atomic mass is 79.9. The Kier molecular flexibility index (Phi) is 4.64. The summed E-state index contributed by atoms with van der Waals surface area (Å²) in [5.74, 6) is 0.664. The predicted octanol–water partition coefficient (Wildman–Crippen LogP) is 3.87. The summed E-state index contributed by atoms with van der Waals surface area (Å²) in [5, 5.41) is 0.962. The van der Waals surface area contributed by atoms with E-state index in [9.17, 15) is 4.79 Å². The van der Waals surface area contributed by atoms with E-state index in [2.05, 4.69) is 15.9 Å². The molecule has 1 aromatic carbocycles. The lowest BCUT2D eigenvalue weighted by Crippen LogP contribution is -2.29. The lowest BCUT2D eigenvalue weighted by atomic mass is 10.1. The van der Waals surface area contributed by atoms with Gasteiger partial charge in [-0.3, -0.25) is 4.79 Å². The van der Waals surface area contributed by atoms with Crippen LogP contribution in [0.3, 0.4) is 0 Å². The Morgan fingerprint density at radius 1 is 1.26 bits per heavy atom. The van der Waals surface area contributed by atoms with Gasteiger partial charge in [0.05, 0.1) is 11.3 Å². The van der Waals surface area contributed by atoms with Gasteiger partial charge in [-0.15, -0.1) is 0 Å². The van der Waals surface area contributed by atoms with Gasteiger partial charge in [-0.1, -0.05) is 27.6 Å². The number of benzene rings is 1. The van der Waals surface area contributed by atoms with Gasteiger partial charge in [0.25, 0.3) is 5.91 Å². The highest BCUT2D eigenvalue weighted by Gasteiger charge is 2.23. The Bertz CT molecular complexity index is 511. The Morgan fingerprint density at radius 3 is 2.79 bits per heavy atom. The molecule has 1 heterocycles. The van der Waals surface area contributed by atoms with Gasteiger partial charge in [-0.2, -0.15) is 0 Å². The molecule has 1 amide bonds. The van der Waals surface area contributed by atoms with Crippen LogP contribution >= 0.6 is 15.9 Å². The topological polar surface area (TPSA) is 29.5 Å². The molecule has 1 aromatic rings. The van der Waals surface area contributed by atoms with Crippen molar-refractivity contribution in [1.82, 2.24) is 4.90 Å². The number of ether oxygens (including phenoxy) is 1. The molecule has 0 saturated heterocycles. The van der Waals surface area contributed by atoms with E-state index in [0.717, 1.165) is 36.0 Å². The third-order valence-electron chi connectivity index (χ3n) is 3.16. The van der Waals surface area contributed by atoms with Gasteiger partial charge in [0, 0.05) is 11.9 Å². The first kappa shape index (κ1) is 14.1. The Balaban J connectivity index is 2.27. The fourth-order valence-corrected chi connectivity index (χ4v) is 2.47. The summed E-state index contributed by atoms with van der Waals surface area (Å²) in [5.41, 5.74) is 2.57. The van der Waals surface area contributed by atoms with Crippen molar-refractivity contribution >= 4 is 21.8 Å². The normalized spacial score (nSPS) is 14.6. The van der Waals surface area contributed by atoms with Gasteiger partial charge in [-0.25, -0.2) is 0 Å². The number of allylic oxidation sites excluding steroid dienone is 1. The Labute approximate surface area is 122 Å². The number of carbonyl (C=O) groups excluding carboxylic acids is 1. The first-order valence-corrected chi connectivity index (χ1v) is 7.57. The van der Waals surface area contributed by atoms with Crippen molar-refractivity contribution in [2.24, 2.45) is 0 Å². The number of nitrogens with zero attached hydrogens (tertiary/aromatic N) is 1. The van der Waals surface area contributed by atoms with Crippen LogP contribution in [-0.4, -0.2) is 22.7 Å². The first-order valence-electron chi connectivity index (χ1n) is 6.45. The van der Waals surface area contributed by atoms with Crippen molar-refractivity contribution in [1.29, 1.82) is 0 Å². The lowest BCUT2D eigenvalue weighted by Gasteiger charge is -2.21. The fraction of sp³-hybridized carbons (Fsp3) is 0.400.